The van der Waals surface area contributed by atoms with E-state index in [2.05, 4.69) is 13.8 Å². The highest BCUT2D eigenvalue weighted by molar-refractivity contribution is 7.88. The van der Waals surface area contributed by atoms with E-state index in [-0.39, 0.29) is 5.92 Å². The molecule has 0 aromatic heterocycles. The number of ketones is 1. The Labute approximate surface area is 129 Å². The summed E-state index contributed by atoms with van der Waals surface area (Å²) in [4.78, 5) is 12.2. The van der Waals surface area contributed by atoms with Crippen molar-refractivity contribution in [2.75, 3.05) is 19.3 Å². The minimum absolute atomic E-state index is 0.163. The molecule has 0 amide bonds. The van der Waals surface area contributed by atoms with E-state index in [9.17, 15) is 13.2 Å². The van der Waals surface area contributed by atoms with E-state index < -0.39 is 10.0 Å². The molecule has 21 heavy (non-hydrogen) atoms. The maximum absolute atomic E-state index is 12.2. The highest BCUT2D eigenvalue weighted by Gasteiger charge is 2.34. The van der Waals surface area contributed by atoms with Crippen LogP contribution in [0.5, 0.6) is 0 Å². The van der Waals surface area contributed by atoms with Crippen LogP contribution >= 0.6 is 0 Å². The lowest BCUT2D eigenvalue weighted by molar-refractivity contribution is -0.126. The Hall–Kier alpha value is -0.420. The summed E-state index contributed by atoms with van der Waals surface area (Å²) in [6.45, 7) is 5.73. The lowest BCUT2D eigenvalue weighted by Gasteiger charge is -2.36. The minimum atomic E-state index is -3.09. The topological polar surface area (TPSA) is 54.5 Å². The minimum Gasteiger partial charge on any atom is -0.299 e. The molecule has 1 saturated heterocycles. The third-order valence-corrected chi connectivity index (χ3v) is 6.59. The first-order valence-corrected chi connectivity index (χ1v) is 10.1. The maximum atomic E-state index is 12.2. The number of carbonyl (C=O) groups is 1. The summed E-state index contributed by atoms with van der Waals surface area (Å²) in [6, 6.07) is 0. The second-order valence-corrected chi connectivity index (χ2v) is 9.29. The van der Waals surface area contributed by atoms with Crippen molar-refractivity contribution in [3.63, 3.8) is 0 Å². The summed E-state index contributed by atoms with van der Waals surface area (Å²) < 4.78 is 25.0. The van der Waals surface area contributed by atoms with Gasteiger partial charge in [0.25, 0.3) is 0 Å². The van der Waals surface area contributed by atoms with Crippen LogP contribution in [-0.2, 0) is 14.8 Å². The predicted octanol–water partition coefficient (Wildman–Crippen LogP) is 2.69. The second-order valence-electron chi connectivity index (χ2n) is 7.31. The average Bonchev–Trinajstić information content (AvgIpc) is 2.40. The van der Waals surface area contributed by atoms with Gasteiger partial charge in [0.2, 0.25) is 10.0 Å². The zero-order chi connectivity index (χ0) is 15.6. The Kier molecular flexibility index (Phi) is 5.47. The summed E-state index contributed by atoms with van der Waals surface area (Å²) in [7, 11) is -3.09. The zero-order valence-corrected chi connectivity index (χ0v) is 14.4. The van der Waals surface area contributed by atoms with Crippen molar-refractivity contribution in [2.24, 2.45) is 23.7 Å². The van der Waals surface area contributed by atoms with E-state index >= 15 is 0 Å². The van der Waals surface area contributed by atoms with Gasteiger partial charge in [0.05, 0.1) is 6.26 Å². The molecule has 1 aliphatic heterocycles. The molecule has 1 saturated carbocycles. The summed E-state index contributed by atoms with van der Waals surface area (Å²) >= 11 is 0. The number of carbonyl (C=O) groups excluding carboxylic acids is 1. The molecule has 0 aromatic carbocycles. The molecule has 2 aliphatic rings. The Morgan fingerprint density at radius 2 is 2.00 bits per heavy atom. The average molecular weight is 315 g/mol. The van der Waals surface area contributed by atoms with Gasteiger partial charge < -0.3 is 0 Å². The van der Waals surface area contributed by atoms with Crippen LogP contribution in [-0.4, -0.2) is 37.9 Å². The van der Waals surface area contributed by atoms with Crippen molar-refractivity contribution in [2.45, 2.75) is 52.4 Å². The quantitative estimate of drug-likeness (QED) is 0.801. The van der Waals surface area contributed by atoms with Gasteiger partial charge in [0.1, 0.15) is 5.78 Å². The van der Waals surface area contributed by atoms with Crippen molar-refractivity contribution in [3.05, 3.63) is 0 Å². The van der Waals surface area contributed by atoms with E-state index in [1.54, 1.807) is 4.31 Å². The fourth-order valence-corrected chi connectivity index (χ4v) is 4.84. The van der Waals surface area contributed by atoms with E-state index in [1.165, 1.54) is 6.26 Å². The van der Waals surface area contributed by atoms with E-state index in [0.29, 0.717) is 36.6 Å². The van der Waals surface area contributed by atoms with Gasteiger partial charge >= 0.3 is 0 Å². The van der Waals surface area contributed by atoms with Crippen molar-refractivity contribution in [1.29, 1.82) is 0 Å². The largest absolute Gasteiger partial charge is 0.299 e. The summed E-state index contributed by atoms with van der Waals surface area (Å²) in [6.07, 6.45) is 6.91. The normalized spacial score (nSPS) is 32.6. The van der Waals surface area contributed by atoms with Gasteiger partial charge in [-0.25, -0.2) is 12.7 Å². The zero-order valence-electron chi connectivity index (χ0n) is 13.5. The Balaban J connectivity index is 1.95. The van der Waals surface area contributed by atoms with Crippen LogP contribution in [0.15, 0.2) is 0 Å². The van der Waals surface area contributed by atoms with E-state index in [4.69, 9.17) is 0 Å². The molecule has 3 unspecified atom stereocenters. The number of hydrogen-bond donors (Lipinski definition) is 0. The predicted molar refractivity (Wildman–Crippen MR) is 84.4 cm³/mol. The Morgan fingerprint density at radius 1 is 1.29 bits per heavy atom. The van der Waals surface area contributed by atoms with Gasteiger partial charge in [-0.2, -0.15) is 0 Å². The number of piperidine rings is 1. The summed E-state index contributed by atoms with van der Waals surface area (Å²) in [5.41, 5.74) is 0. The van der Waals surface area contributed by atoms with Crippen molar-refractivity contribution in [1.82, 2.24) is 4.31 Å². The molecule has 1 heterocycles. The standard InChI is InChI=1S/C16H29NO3S/c1-12(2)14-6-7-16(18)15(10-14)9-13-5-4-8-17(11-13)21(3,19)20/h12-15H,4-11H2,1-3H3. The molecule has 5 heteroatoms. The molecule has 1 aliphatic carbocycles. The number of hydrogen-bond acceptors (Lipinski definition) is 3. The number of sulfonamides is 1. The van der Waals surface area contributed by atoms with Crippen LogP contribution in [0.1, 0.15) is 52.4 Å². The summed E-state index contributed by atoms with van der Waals surface area (Å²) in [5, 5.41) is 0. The third kappa shape index (κ3) is 4.52. The van der Waals surface area contributed by atoms with Crippen LogP contribution in [0.25, 0.3) is 0 Å². The number of Topliss-reactive ketones (excluding diaryl/α,β-unsaturated/α-hetero) is 1. The molecule has 2 fully saturated rings. The maximum Gasteiger partial charge on any atom is 0.211 e. The van der Waals surface area contributed by atoms with Gasteiger partial charge in [0.15, 0.2) is 0 Å². The van der Waals surface area contributed by atoms with E-state index in [1.807, 2.05) is 0 Å². The van der Waals surface area contributed by atoms with Gasteiger partial charge in [0, 0.05) is 25.4 Å². The van der Waals surface area contributed by atoms with Crippen LogP contribution in [0.4, 0.5) is 0 Å². The van der Waals surface area contributed by atoms with Crippen LogP contribution in [0.3, 0.4) is 0 Å². The number of rotatable bonds is 4. The first-order valence-electron chi connectivity index (χ1n) is 8.25. The molecule has 4 nitrogen and oxygen atoms in total. The second kappa shape index (κ2) is 6.78. The highest BCUT2D eigenvalue weighted by atomic mass is 32.2. The first kappa shape index (κ1) is 16.9. The SMILES string of the molecule is CC(C)C1CCC(=O)C(CC2CCCN(S(C)(=O)=O)C2)C1. The Morgan fingerprint density at radius 3 is 2.62 bits per heavy atom. The molecule has 0 spiro atoms. The van der Waals surface area contributed by atoms with Crippen molar-refractivity contribution >= 4 is 15.8 Å². The molecule has 0 bridgehead atoms. The molecule has 0 radical (unpaired) electrons. The van der Waals surface area contributed by atoms with Gasteiger partial charge in [-0.05, 0) is 49.9 Å². The fourth-order valence-electron chi connectivity index (χ4n) is 3.90. The molecule has 2 rings (SSSR count). The summed E-state index contributed by atoms with van der Waals surface area (Å²) in [5.74, 6) is 2.22. The smallest absolute Gasteiger partial charge is 0.211 e. The van der Waals surface area contributed by atoms with Gasteiger partial charge in [-0.1, -0.05) is 13.8 Å². The van der Waals surface area contributed by atoms with Crippen LogP contribution in [0, 0.1) is 23.7 Å². The molecule has 122 valence electrons. The lowest BCUT2D eigenvalue weighted by atomic mass is 9.72. The van der Waals surface area contributed by atoms with Gasteiger partial charge in [-0.15, -0.1) is 0 Å². The molecule has 0 N–H and O–H groups in total. The van der Waals surface area contributed by atoms with Crippen LogP contribution < -0.4 is 0 Å². The molecular weight excluding hydrogens is 286 g/mol. The lowest BCUT2D eigenvalue weighted by Crippen LogP contribution is -2.40. The van der Waals surface area contributed by atoms with Gasteiger partial charge in [-0.3, -0.25) is 4.79 Å². The number of nitrogens with zero attached hydrogens (tertiary/aromatic N) is 1. The fraction of sp³-hybridized carbons (Fsp3) is 0.938. The molecule has 0 aromatic rings. The molecular formula is C16H29NO3S. The Bertz CT molecular complexity index is 472. The van der Waals surface area contributed by atoms with Crippen molar-refractivity contribution in [3.8, 4) is 0 Å². The molecule has 3 atom stereocenters. The van der Waals surface area contributed by atoms with E-state index in [0.717, 1.165) is 38.5 Å². The first-order chi connectivity index (χ1) is 9.77. The highest BCUT2D eigenvalue weighted by Crippen LogP contribution is 2.36. The third-order valence-electron chi connectivity index (χ3n) is 5.32. The monoisotopic (exact) mass is 315 g/mol. The van der Waals surface area contributed by atoms with Crippen molar-refractivity contribution < 1.29 is 13.2 Å². The van der Waals surface area contributed by atoms with Crippen LogP contribution in [0.2, 0.25) is 0 Å².